The first-order valence-electron chi connectivity index (χ1n) is 4.31. The summed E-state index contributed by atoms with van der Waals surface area (Å²) in [7, 11) is 0. The average molecular weight is 248 g/mol. The van der Waals surface area contributed by atoms with Crippen LogP contribution in [0.2, 0.25) is 0 Å². The van der Waals surface area contributed by atoms with Crippen molar-refractivity contribution in [3.05, 3.63) is 21.9 Å². The van der Waals surface area contributed by atoms with E-state index in [-0.39, 0.29) is 6.61 Å². The maximum absolute atomic E-state index is 10.7. The molecule has 1 unspecified atom stereocenters. The molecule has 0 aliphatic carbocycles. The van der Waals surface area contributed by atoms with Crippen LogP contribution in [0.25, 0.3) is 0 Å². The lowest BCUT2D eigenvalue weighted by molar-refractivity contribution is 0.0701. The molecule has 0 spiro atoms. The lowest BCUT2D eigenvalue weighted by Crippen LogP contribution is -2.14. The van der Waals surface area contributed by atoms with E-state index in [9.17, 15) is 4.79 Å². The number of thioether (sulfide) groups is 1. The lowest BCUT2D eigenvalue weighted by atomic mass is 10.3. The van der Waals surface area contributed by atoms with Gasteiger partial charge in [0.25, 0.3) is 0 Å². The SMILES string of the molecule is O=C(O)c1sccc1CSCC(O)CO. The Morgan fingerprint density at radius 2 is 2.33 bits per heavy atom. The standard InChI is InChI=1S/C9H12O4S2/c10-3-7(11)5-14-4-6-1-2-15-8(6)9(12)13/h1-2,7,10-11H,3-5H2,(H,12,13). The molecule has 0 fully saturated rings. The Morgan fingerprint density at radius 1 is 1.60 bits per heavy atom. The predicted octanol–water partition coefficient (Wildman–Crippen LogP) is 1.03. The first-order chi connectivity index (χ1) is 7.15. The summed E-state index contributed by atoms with van der Waals surface area (Å²) in [5, 5.41) is 28.2. The zero-order chi connectivity index (χ0) is 11.3. The molecule has 84 valence electrons. The van der Waals surface area contributed by atoms with Crippen molar-refractivity contribution in [1.82, 2.24) is 0 Å². The van der Waals surface area contributed by atoms with Gasteiger partial charge in [-0.05, 0) is 17.0 Å². The van der Waals surface area contributed by atoms with Gasteiger partial charge in [0, 0.05) is 11.5 Å². The highest BCUT2D eigenvalue weighted by molar-refractivity contribution is 7.98. The maximum atomic E-state index is 10.7. The molecule has 0 bridgehead atoms. The third kappa shape index (κ3) is 3.83. The summed E-state index contributed by atoms with van der Waals surface area (Å²) in [5.41, 5.74) is 0.766. The summed E-state index contributed by atoms with van der Waals surface area (Å²) in [5.74, 6) is 0.0384. The zero-order valence-corrected chi connectivity index (χ0v) is 9.55. The van der Waals surface area contributed by atoms with Crippen LogP contribution in [-0.2, 0) is 5.75 Å². The molecule has 4 nitrogen and oxygen atoms in total. The van der Waals surface area contributed by atoms with Crippen molar-refractivity contribution in [3.63, 3.8) is 0 Å². The van der Waals surface area contributed by atoms with Gasteiger partial charge in [0.1, 0.15) is 4.88 Å². The van der Waals surface area contributed by atoms with Gasteiger partial charge in [-0.1, -0.05) is 0 Å². The number of aliphatic hydroxyl groups is 2. The van der Waals surface area contributed by atoms with Crippen LogP contribution in [-0.4, -0.2) is 39.8 Å². The van der Waals surface area contributed by atoms with Crippen molar-refractivity contribution >= 4 is 29.1 Å². The van der Waals surface area contributed by atoms with E-state index in [2.05, 4.69) is 0 Å². The van der Waals surface area contributed by atoms with Crippen LogP contribution in [0.15, 0.2) is 11.4 Å². The van der Waals surface area contributed by atoms with Gasteiger partial charge in [-0.2, -0.15) is 11.8 Å². The summed E-state index contributed by atoms with van der Waals surface area (Å²) in [4.78, 5) is 11.1. The molecule has 1 rings (SSSR count). The quantitative estimate of drug-likeness (QED) is 0.701. The van der Waals surface area contributed by atoms with E-state index >= 15 is 0 Å². The van der Waals surface area contributed by atoms with Crippen molar-refractivity contribution in [2.75, 3.05) is 12.4 Å². The fraction of sp³-hybridized carbons (Fsp3) is 0.444. The minimum absolute atomic E-state index is 0.261. The summed E-state index contributed by atoms with van der Waals surface area (Å²) < 4.78 is 0. The van der Waals surface area contributed by atoms with Crippen LogP contribution in [0.4, 0.5) is 0 Å². The molecule has 6 heteroatoms. The molecule has 0 aromatic carbocycles. The second kappa shape index (κ2) is 6.12. The highest BCUT2D eigenvalue weighted by atomic mass is 32.2. The van der Waals surface area contributed by atoms with Crippen LogP contribution in [0.5, 0.6) is 0 Å². The molecule has 1 heterocycles. The van der Waals surface area contributed by atoms with Gasteiger partial charge in [-0.25, -0.2) is 4.79 Å². The van der Waals surface area contributed by atoms with Crippen LogP contribution >= 0.6 is 23.1 Å². The van der Waals surface area contributed by atoms with Gasteiger partial charge in [0.05, 0.1) is 12.7 Å². The fourth-order valence-electron chi connectivity index (χ4n) is 0.995. The molecule has 0 saturated heterocycles. The summed E-state index contributed by atoms with van der Waals surface area (Å²) in [6, 6.07) is 1.77. The van der Waals surface area contributed by atoms with E-state index in [1.54, 1.807) is 11.4 Å². The van der Waals surface area contributed by atoms with Crippen LogP contribution < -0.4 is 0 Å². The Balaban J connectivity index is 2.44. The third-order valence-electron chi connectivity index (χ3n) is 1.72. The molecule has 3 N–H and O–H groups in total. The third-order valence-corrected chi connectivity index (χ3v) is 3.80. The fourth-order valence-corrected chi connectivity index (χ4v) is 2.80. The Bertz CT molecular complexity index is 324. The molecule has 1 aromatic rings. The second-order valence-electron chi connectivity index (χ2n) is 2.93. The second-order valence-corrected chi connectivity index (χ2v) is 4.88. The van der Waals surface area contributed by atoms with Crippen LogP contribution in [0.1, 0.15) is 15.2 Å². The molecule has 0 radical (unpaired) electrons. The van der Waals surface area contributed by atoms with Crippen LogP contribution in [0, 0.1) is 0 Å². The van der Waals surface area contributed by atoms with E-state index < -0.39 is 12.1 Å². The number of hydrogen-bond acceptors (Lipinski definition) is 5. The number of carboxylic acids is 1. The number of aromatic carboxylic acids is 1. The van der Waals surface area contributed by atoms with E-state index in [1.807, 2.05) is 0 Å². The van der Waals surface area contributed by atoms with Gasteiger partial charge < -0.3 is 15.3 Å². The van der Waals surface area contributed by atoms with Crippen LogP contribution in [0.3, 0.4) is 0 Å². The lowest BCUT2D eigenvalue weighted by Gasteiger charge is -2.05. The van der Waals surface area contributed by atoms with E-state index in [1.165, 1.54) is 23.1 Å². The molecule has 1 atom stereocenters. The molecule has 0 aliphatic heterocycles. The summed E-state index contributed by atoms with van der Waals surface area (Å²) in [6.07, 6.45) is -0.734. The van der Waals surface area contributed by atoms with Crippen molar-refractivity contribution in [2.45, 2.75) is 11.9 Å². The van der Waals surface area contributed by atoms with Crippen molar-refractivity contribution in [1.29, 1.82) is 0 Å². The molecular weight excluding hydrogens is 236 g/mol. The topological polar surface area (TPSA) is 77.8 Å². The maximum Gasteiger partial charge on any atom is 0.346 e. The number of aliphatic hydroxyl groups excluding tert-OH is 2. The Morgan fingerprint density at radius 3 is 2.93 bits per heavy atom. The number of hydrogen-bond donors (Lipinski definition) is 3. The van der Waals surface area contributed by atoms with Crippen molar-refractivity contribution < 1.29 is 20.1 Å². The van der Waals surface area contributed by atoms with Gasteiger partial charge >= 0.3 is 5.97 Å². The Kier molecular flexibility index (Phi) is 5.10. The van der Waals surface area contributed by atoms with E-state index in [4.69, 9.17) is 15.3 Å². The Labute approximate surface area is 95.6 Å². The summed E-state index contributed by atoms with van der Waals surface area (Å²) in [6.45, 7) is -0.261. The monoisotopic (exact) mass is 248 g/mol. The molecule has 1 aromatic heterocycles. The van der Waals surface area contributed by atoms with Crippen molar-refractivity contribution in [2.24, 2.45) is 0 Å². The smallest absolute Gasteiger partial charge is 0.346 e. The van der Waals surface area contributed by atoms with Gasteiger partial charge in [0.15, 0.2) is 0 Å². The highest BCUT2D eigenvalue weighted by Crippen LogP contribution is 2.22. The Hall–Kier alpha value is -0.560. The van der Waals surface area contributed by atoms with Gasteiger partial charge in [0.2, 0.25) is 0 Å². The normalized spacial score (nSPS) is 12.7. The average Bonchev–Trinajstić information content (AvgIpc) is 2.65. The minimum Gasteiger partial charge on any atom is -0.477 e. The van der Waals surface area contributed by atoms with Gasteiger partial charge in [-0.15, -0.1) is 11.3 Å². The highest BCUT2D eigenvalue weighted by Gasteiger charge is 2.11. The van der Waals surface area contributed by atoms with E-state index in [0.29, 0.717) is 16.4 Å². The number of carboxylic acid groups (broad SMARTS) is 1. The largest absolute Gasteiger partial charge is 0.477 e. The molecule has 0 aliphatic rings. The zero-order valence-electron chi connectivity index (χ0n) is 7.92. The molecular formula is C9H12O4S2. The summed E-state index contributed by atoms with van der Waals surface area (Å²) >= 11 is 2.61. The minimum atomic E-state index is -0.914. The number of rotatable bonds is 6. The first-order valence-corrected chi connectivity index (χ1v) is 6.35. The molecule has 0 amide bonds. The molecule has 0 saturated carbocycles. The van der Waals surface area contributed by atoms with Crippen molar-refractivity contribution in [3.8, 4) is 0 Å². The molecule has 15 heavy (non-hydrogen) atoms. The number of carbonyl (C=O) groups is 1. The predicted molar refractivity (Wildman–Crippen MR) is 60.5 cm³/mol. The first kappa shape index (κ1) is 12.5. The van der Waals surface area contributed by atoms with Gasteiger partial charge in [-0.3, -0.25) is 0 Å². The van der Waals surface area contributed by atoms with E-state index in [0.717, 1.165) is 5.56 Å². The number of thiophene rings is 1.